The highest BCUT2D eigenvalue weighted by atomic mass is 127. The summed E-state index contributed by atoms with van der Waals surface area (Å²) >= 11 is 0. The minimum Gasteiger partial charge on any atom is -0.493 e. The molecule has 0 radical (unpaired) electrons. The van der Waals surface area contributed by atoms with Gasteiger partial charge in [0.1, 0.15) is 0 Å². The van der Waals surface area contributed by atoms with Crippen LogP contribution in [0.5, 0.6) is 11.5 Å². The molecule has 0 amide bonds. The smallest absolute Gasteiger partial charge is 0.193 e. The van der Waals surface area contributed by atoms with Crippen molar-refractivity contribution in [1.29, 1.82) is 0 Å². The van der Waals surface area contributed by atoms with Gasteiger partial charge in [0.05, 0.1) is 38.1 Å². The van der Waals surface area contributed by atoms with E-state index < -0.39 is 0 Å². The Bertz CT molecular complexity index is 1200. The van der Waals surface area contributed by atoms with Crippen LogP contribution in [-0.2, 0) is 13.1 Å². The largest absolute Gasteiger partial charge is 0.493 e. The summed E-state index contributed by atoms with van der Waals surface area (Å²) in [6, 6.07) is 22.0. The highest BCUT2D eigenvalue weighted by Gasteiger charge is 2.06. The zero-order valence-corrected chi connectivity index (χ0v) is 20.3. The fraction of sp³-hybridized carbons (Fsp3) is 0.167. The van der Waals surface area contributed by atoms with E-state index in [0.717, 1.165) is 28.8 Å². The van der Waals surface area contributed by atoms with Crippen LogP contribution in [0, 0.1) is 0 Å². The Morgan fingerprint density at radius 3 is 2.44 bits per heavy atom. The van der Waals surface area contributed by atoms with Crippen LogP contribution < -0.4 is 20.5 Å². The zero-order chi connectivity index (χ0) is 21.6. The number of rotatable bonds is 7. The Morgan fingerprint density at radius 1 is 0.969 bits per heavy atom. The topological polar surface area (TPSA) is 86.7 Å². The molecule has 4 aromatic rings. The van der Waals surface area contributed by atoms with Crippen LogP contribution in [-0.4, -0.2) is 29.7 Å². The van der Waals surface area contributed by atoms with Gasteiger partial charge < -0.3 is 25.1 Å². The SMILES string of the molecule is COc1ccc(NC(N)=NCc2ccc(Cn3cnc4ccccc43)cc2)cc1OC.I. The van der Waals surface area contributed by atoms with Gasteiger partial charge in [-0.3, -0.25) is 0 Å². The molecule has 0 atom stereocenters. The summed E-state index contributed by atoms with van der Waals surface area (Å²) in [6.45, 7) is 1.26. The summed E-state index contributed by atoms with van der Waals surface area (Å²) in [5.41, 5.74) is 11.2. The first-order valence-corrected chi connectivity index (χ1v) is 9.93. The molecular weight excluding hydrogens is 517 g/mol. The molecule has 0 aliphatic rings. The third kappa shape index (κ3) is 5.50. The van der Waals surface area contributed by atoms with E-state index in [1.54, 1.807) is 14.2 Å². The van der Waals surface area contributed by atoms with Crippen LogP contribution in [0.15, 0.2) is 78.0 Å². The maximum absolute atomic E-state index is 6.05. The minimum atomic E-state index is 0. The van der Waals surface area contributed by atoms with Crippen molar-refractivity contribution in [2.75, 3.05) is 19.5 Å². The molecule has 0 aliphatic carbocycles. The lowest BCUT2D eigenvalue weighted by atomic mass is 10.1. The predicted octanol–water partition coefficient (Wildman–Crippen LogP) is 4.65. The maximum Gasteiger partial charge on any atom is 0.193 e. The molecule has 3 N–H and O–H groups in total. The van der Waals surface area contributed by atoms with E-state index in [0.29, 0.717) is 24.0 Å². The van der Waals surface area contributed by atoms with Crippen LogP contribution in [0.4, 0.5) is 5.69 Å². The van der Waals surface area contributed by atoms with Crippen molar-refractivity contribution in [3.8, 4) is 11.5 Å². The van der Waals surface area contributed by atoms with Crippen molar-refractivity contribution in [3.63, 3.8) is 0 Å². The Hall–Kier alpha value is -3.27. The molecule has 4 rings (SSSR count). The monoisotopic (exact) mass is 543 g/mol. The van der Waals surface area contributed by atoms with Gasteiger partial charge in [0.15, 0.2) is 17.5 Å². The number of halogens is 1. The van der Waals surface area contributed by atoms with Gasteiger partial charge >= 0.3 is 0 Å². The van der Waals surface area contributed by atoms with Gasteiger partial charge in [0.25, 0.3) is 0 Å². The van der Waals surface area contributed by atoms with Crippen LogP contribution in [0.1, 0.15) is 11.1 Å². The number of nitrogens with zero attached hydrogens (tertiary/aromatic N) is 3. The summed E-state index contributed by atoms with van der Waals surface area (Å²) in [5.74, 6) is 1.62. The Balaban J connectivity index is 0.00000289. The molecule has 166 valence electrons. The van der Waals surface area contributed by atoms with Crippen LogP contribution in [0.3, 0.4) is 0 Å². The summed E-state index contributed by atoms with van der Waals surface area (Å²) < 4.78 is 12.7. The summed E-state index contributed by atoms with van der Waals surface area (Å²) in [4.78, 5) is 8.88. The van der Waals surface area contributed by atoms with Crippen molar-refractivity contribution in [2.24, 2.45) is 10.7 Å². The number of anilines is 1. The van der Waals surface area contributed by atoms with Gasteiger partial charge in [-0.25, -0.2) is 9.98 Å². The van der Waals surface area contributed by atoms with E-state index in [4.69, 9.17) is 15.2 Å². The lowest BCUT2D eigenvalue weighted by Gasteiger charge is -2.11. The molecule has 0 spiro atoms. The third-order valence-corrected chi connectivity index (χ3v) is 4.99. The molecule has 0 bridgehead atoms. The van der Waals surface area contributed by atoms with Crippen molar-refractivity contribution in [1.82, 2.24) is 9.55 Å². The van der Waals surface area contributed by atoms with E-state index >= 15 is 0 Å². The molecule has 32 heavy (non-hydrogen) atoms. The first-order chi connectivity index (χ1) is 15.2. The highest BCUT2D eigenvalue weighted by Crippen LogP contribution is 2.29. The maximum atomic E-state index is 6.05. The third-order valence-electron chi connectivity index (χ3n) is 4.99. The first-order valence-electron chi connectivity index (χ1n) is 9.93. The second-order valence-corrected chi connectivity index (χ2v) is 7.07. The van der Waals surface area contributed by atoms with Gasteiger partial charge in [0, 0.05) is 18.3 Å². The number of methoxy groups -OCH3 is 2. The number of nitrogens with two attached hydrogens (primary N) is 1. The molecule has 0 aliphatic heterocycles. The van der Waals surface area contributed by atoms with E-state index in [9.17, 15) is 0 Å². The number of guanidine groups is 1. The van der Waals surface area contributed by atoms with E-state index in [1.807, 2.05) is 42.7 Å². The first kappa shape index (κ1) is 23.4. The zero-order valence-electron chi connectivity index (χ0n) is 18.0. The quantitative estimate of drug-likeness (QED) is 0.202. The van der Waals surface area contributed by atoms with E-state index in [2.05, 4.69) is 50.2 Å². The highest BCUT2D eigenvalue weighted by molar-refractivity contribution is 14.0. The number of imidazole rings is 1. The van der Waals surface area contributed by atoms with E-state index in [1.165, 1.54) is 5.56 Å². The average Bonchev–Trinajstić information content (AvgIpc) is 3.21. The number of aliphatic imine (C=N–C) groups is 1. The van der Waals surface area contributed by atoms with Gasteiger partial charge in [-0.15, -0.1) is 24.0 Å². The number of hydrogen-bond acceptors (Lipinski definition) is 4. The average molecular weight is 543 g/mol. The molecule has 7 nitrogen and oxygen atoms in total. The number of fused-ring (bicyclic) bond motifs is 1. The van der Waals surface area contributed by atoms with Crippen LogP contribution in [0.25, 0.3) is 11.0 Å². The lowest BCUT2D eigenvalue weighted by molar-refractivity contribution is 0.355. The molecular formula is C24H26IN5O2. The van der Waals surface area contributed by atoms with Crippen molar-refractivity contribution in [2.45, 2.75) is 13.1 Å². The number of aromatic nitrogens is 2. The van der Waals surface area contributed by atoms with Gasteiger partial charge in [-0.2, -0.15) is 0 Å². The van der Waals surface area contributed by atoms with Crippen molar-refractivity contribution < 1.29 is 9.47 Å². The molecule has 3 aromatic carbocycles. The number of hydrogen-bond donors (Lipinski definition) is 2. The van der Waals surface area contributed by atoms with Gasteiger partial charge in [-0.1, -0.05) is 36.4 Å². The molecule has 0 saturated heterocycles. The van der Waals surface area contributed by atoms with Crippen LogP contribution in [0.2, 0.25) is 0 Å². The molecule has 0 unspecified atom stereocenters. The van der Waals surface area contributed by atoms with Gasteiger partial charge in [0.2, 0.25) is 0 Å². The molecule has 1 aromatic heterocycles. The number of ether oxygens (including phenoxy) is 2. The summed E-state index contributed by atoms with van der Waals surface area (Å²) in [7, 11) is 3.20. The number of para-hydroxylation sites is 2. The molecule has 8 heteroatoms. The lowest BCUT2D eigenvalue weighted by Crippen LogP contribution is -2.22. The Morgan fingerprint density at radius 2 is 1.69 bits per heavy atom. The number of nitrogens with one attached hydrogen (secondary N) is 1. The standard InChI is InChI=1S/C24H25N5O2.HI/c1-30-22-12-11-19(13-23(22)31-2)28-24(25)26-14-17-7-9-18(10-8-17)15-29-16-27-20-5-3-4-6-21(20)29;/h3-13,16H,14-15H2,1-2H3,(H3,25,26,28);1H. The molecule has 1 heterocycles. The fourth-order valence-corrected chi connectivity index (χ4v) is 3.36. The second kappa shape index (κ2) is 10.9. The summed E-state index contributed by atoms with van der Waals surface area (Å²) in [5, 5.41) is 3.08. The molecule has 0 fully saturated rings. The normalized spacial score (nSPS) is 11.1. The Kier molecular flexibility index (Phi) is 7.93. The van der Waals surface area contributed by atoms with Crippen LogP contribution >= 0.6 is 24.0 Å². The Labute approximate surface area is 204 Å². The molecule has 0 saturated carbocycles. The number of benzene rings is 3. The predicted molar refractivity (Wildman–Crippen MR) is 139 cm³/mol. The van der Waals surface area contributed by atoms with Crippen molar-refractivity contribution >= 4 is 46.7 Å². The minimum absolute atomic E-state index is 0. The fourth-order valence-electron chi connectivity index (χ4n) is 3.36. The van der Waals surface area contributed by atoms with Crippen molar-refractivity contribution in [3.05, 3.63) is 84.2 Å². The van der Waals surface area contributed by atoms with E-state index in [-0.39, 0.29) is 24.0 Å². The second-order valence-electron chi connectivity index (χ2n) is 7.07. The summed E-state index contributed by atoms with van der Waals surface area (Å²) in [6.07, 6.45) is 1.88. The van der Waals surface area contributed by atoms with Gasteiger partial charge in [-0.05, 0) is 35.4 Å².